The number of amides is 1. The quantitative estimate of drug-likeness (QED) is 0.282. The van der Waals surface area contributed by atoms with Crippen LogP contribution in [0, 0.1) is 0 Å². The first-order valence-electron chi connectivity index (χ1n) is 7.51. The van der Waals surface area contributed by atoms with Crippen LogP contribution >= 0.6 is 21.2 Å². The molecule has 0 aromatic heterocycles. The minimum Gasteiger partial charge on any atom is -0.353 e. The van der Waals surface area contributed by atoms with Gasteiger partial charge in [-0.2, -0.15) is 0 Å². The highest BCUT2D eigenvalue weighted by Crippen LogP contribution is 2.10. The van der Waals surface area contributed by atoms with Crippen molar-refractivity contribution in [2.75, 3.05) is 6.54 Å². The molecule has 0 radical (unpaired) electrons. The summed E-state index contributed by atoms with van der Waals surface area (Å²) in [4.78, 5) is 11.1. The Balaban J connectivity index is 3.12. The highest BCUT2D eigenvalue weighted by molar-refractivity contribution is 14.2. The maximum absolute atomic E-state index is 11.1. The Labute approximate surface area is 128 Å². The maximum atomic E-state index is 11.1. The van der Waals surface area contributed by atoms with E-state index in [0.29, 0.717) is 0 Å². The molecule has 0 aliphatic rings. The fourth-order valence-corrected chi connectivity index (χ4v) is 2.44. The number of hydrogen-bond acceptors (Lipinski definition) is 2. The van der Waals surface area contributed by atoms with Gasteiger partial charge >= 0.3 is 0 Å². The summed E-state index contributed by atoms with van der Waals surface area (Å²) in [5, 5.41) is 2.80. The van der Waals surface area contributed by atoms with Gasteiger partial charge in [-0.1, -0.05) is 64.7 Å². The van der Waals surface area contributed by atoms with Gasteiger partial charge in [-0.3, -0.25) is 7.86 Å². The average molecular weight is 381 g/mol. The summed E-state index contributed by atoms with van der Waals surface area (Å²) >= 11 is -1.15. The Morgan fingerprint density at radius 2 is 1.47 bits per heavy atom. The maximum Gasteiger partial charge on any atom is 0.244 e. The molecule has 0 spiro atoms. The monoisotopic (exact) mass is 381 g/mol. The number of hydrogen-bond donors (Lipinski definition) is 1. The molecule has 0 rings (SSSR count). The Morgan fingerprint density at radius 3 is 2.00 bits per heavy atom. The SMILES string of the molecule is CCCCCCCCCCCCNC(=O)/C=C\I=O. The van der Waals surface area contributed by atoms with Crippen molar-refractivity contribution in [1.82, 2.24) is 5.32 Å². The van der Waals surface area contributed by atoms with Gasteiger partial charge in [0.2, 0.25) is 5.91 Å². The predicted molar refractivity (Wildman–Crippen MR) is 88.7 cm³/mol. The third kappa shape index (κ3) is 15.7. The molecule has 0 bridgehead atoms. The fourth-order valence-electron chi connectivity index (χ4n) is 1.97. The van der Waals surface area contributed by atoms with Gasteiger partial charge in [0.25, 0.3) is 0 Å². The van der Waals surface area contributed by atoms with Crippen LogP contribution in [0.5, 0.6) is 0 Å². The van der Waals surface area contributed by atoms with E-state index in [9.17, 15) is 7.86 Å². The zero-order valence-electron chi connectivity index (χ0n) is 12.1. The van der Waals surface area contributed by atoms with Crippen LogP contribution in [-0.4, -0.2) is 12.5 Å². The number of rotatable bonds is 13. The summed E-state index contributed by atoms with van der Waals surface area (Å²) in [6.07, 6.45) is 14.4. The summed E-state index contributed by atoms with van der Waals surface area (Å²) in [5.74, 6) is -0.119. The number of carbonyl (C=O) groups is 1. The highest BCUT2D eigenvalue weighted by atomic mass is 127. The highest BCUT2D eigenvalue weighted by Gasteiger charge is 1.95. The van der Waals surface area contributed by atoms with Gasteiger partial charge in [0, 0.05) is 16.7 Å². The Kier molecular flexibility index (Phi) is 15.6. The zero-order chi connectivity index (χ0) is 14.2. The van der Waals surface area contributed by atoms with Crippen molar-refractivity contribution in [1.29, 1.82) is 0 Å². The number of nitrogens with one attached hydrogen (secondary N) is 1. The molecule has 0 aromatic rings. The largest absolute Gasteiger partial charge is 0.353 e. The second kappa shape index (κ2) is 15.8. The van der Waals surface area contributed by atoms with E-state index in [0.717, 1.165) is 13.0 Å². The number of carbonyl (C=O) groups excluding carboxylic acids is 1. The van der Waals surface area contributed by atoms with Gasteiger partial charge in [-0.25, -0.2) is 0 Å². The third-order valence-electron chi connectivity index (χ3n) is 3.10. The molecule has 4 heteroatoms. The van der Waals surface area contributed by atoms with Crippen molar-refractivity contribution in [3.63, 3.8) is 0 Å². The lowest BCUT2D eigenvalue weighted by molar-refractivity contribution is -0.116. The normalized spacial score (nSPS) is 11.0. The molecule has 0 aromatic carbocycles. The molecule has 112 valence electrons. The van der Waals surface area contributed by atoms with E-state index < -0.39 is 21.2 Å². The third-order valence-corrected chi connectivity index (χ3v) is 3.75. The molecular weight excluding hydrogens is 353 g/mol. The summed E-state index contributed by atoms with van der Waals surface area (Å²) < 4.78 is 11.7. The second-order valence-corrected chi connectivity index (χ2v) is 6.08. The summed E-state index contributed by atoms with van der Waals surface area (Å²) in [6, 6.07) is 0. The molecule has 0 heterocycles. The standard InChI is InChI=1S/C15H28INO2/c1-2-3-4-5-6-7-8-9-10-11-14-17-15(18)12-13-16-19/h12-13H,2-11,14H2,1H3,(H,17,18)/b13-12-. The Morgan fingerprint density at radius 1 is 0.947 bits per heavy atom. The molecule has 0 atom stereocenters. The van der Waals surface area contributed by atoms with Crippen LogP contribution in [0.25, 0.3) is 0 Å². The van der Waals surface area contributed by atoms with Gasteiger partial charge in [0.15, 0.2) is 21.2 Å². The van der Waals surface area contributed by atoms with Gasteiger partial charge < -0.3 is 5.32 Å². The summed E-state index contributed by atoms with van der Waals surface area (Å²) in [5.41, 5.74) is 0. The molecule has 0 aliphatic heterocycles. The first-order valence-corrected chi connectivity index (χ1v) is 9.64. The van der Waals surface area contributed by atoms with E-state index in [4.69, 9.17) is 0 Å². The van der Waals surface area contributed by atoms with Crippen LogP contribution in [0.1, 0.15) is 71.1 Å². The van der Waals surface area contributed by atoms with Crippen LogP contribution in [0.4, 0.5) is 0 Å². The van der Waals surface area contributed by atoms with Gasteiger partial charge in [0.05, 0.1) is 0 Å². The average Bonchev–Trinajstić information content (AvgIpc) is 2.42. The summed E-state index contributed by atoms with van der Waals surface area (Å²) in [6.45, 7) is 2.98. The predicted octanol–water partition coefficient (Wildman–Crippen LogP) is 4.85. The van der Waals surface area contributed by atoms with Crippen molar-refractivity contribution in [3.05, 3.63) is 10.2 Å². The molecule has 1 amide bonds. The molecule has 19 heavy (non-hydrogen) atoms. The lowest BCUT2D eigenvalue weighted by Crippen LogP contribution is -2.21. The zero-order valence-corrected chi connectivity index (χ0v) is 14.3. The number of unbranched alkanes of at least 4 members (excludes halogenated alkanes) is 9. The topological polar surface area (TPSA) is 46.2 Å². The van der Waals surface area contributed by atoms with Crippen LogP contribution < -0.4 is 5.32 Å². The first-order chi connectivity index (χ1) is 9.31. The fraction of sp³-hybridized carbons (Fsp3) is 0.800. The molecule has 0 saturated heterocycles. The lowest BCUT2D eigenvalue weighted by atomic mass is 10.1. The molecule has 0 fully saturated rings. The van der Waals surface area contributed by atoms with Crippen LogP contribution in [0.2, 0.25) is 0 Å². The lowest BCUT2D eigenvalue weighted by Gasteiger charge is -2.03. The molecule has 3 nitrogen and oxygen atoms in total. The minimum atomic E-state index is -1.15. The van der Waals surface area contributed by atoms with Gasteiger partial charge in [0.1, 0.15) is 0 Å². The van der Waals surface area contributed by atoms with Crippen LogP contribution in [0.15, 0.2) is 10.2 Å². The molecule has 0 unspecified atom stereocenters. The Bertz CT molecular complexity index is 255. The van der Waals surface area contributed by atoms with E-state index in [1.54, 1.807) is 0 Å². The van der Waals surface area contributed by atoms with Gasteiger partial charge in [-0.15, -0.1) is 0 Å². The van der Waals surface area contributed by atoms with Crippen molar-refractivity contribution >= 4 is 27.1 Å². The van der Waals surface area contributed by atoms with E-state index in [1.165, 1.54) is 67.9 Å². The Hall–Kier alpha value is -0.260. The number of halogens is 1. The van der Waals surface area contributed by atoms with Crippen LogP contribution in [0.3, 0.4) is 0 Å². The molecule has 0 aliphatic carbocycles. The van der Waals surface area contributed by atoms with Gasteiger partial charge in [-0.05, 0) is 6.42 Å². The molecular formula is C15H28INO2. The molecule has 0 saturated carbocycles. The first kappa shape index (κ1) is 18.7. The van der Waals surface area contributed by atoms with E-state index in [1.807, 2.05) is 0 Å². The van der Waals surface area contributed by atoms with Crippen LogP contribution in [-0.2, 0) is 7.86 Å². The van der Waals surface area contributed by atoms with Crippen molar-refractivity contribution in [3.8, 4) is 0 Å². The smallest absolute Gasteiger partial charge is 0.244 e. The van der Waals surface area contributed by atoms with E-state index >= 15 is 0 Å². The van der Waals surface area contributed by atoms with E-state index in [-0.39, 0.29) is 5.91 Å². The van der Waals surface area contributed by atoms with Crippen molar-refractivity contribution < 1.29 is 7.86 Å². The minimum absolute atomic E-state index is 0.119. The summed E-state index contributed by atoms with van der Waals surface area (Å²) in [7, 11) is 0. The van der Waals surface area contributed by atoms with Crippen molar-refractivity contribution in [2.24, 2.45) is 0 Å². The van der Waals surface area contributed by atoms with Crippen molar-refractivity contribution in [2.45, 2.75) is 71.1 Å². The second-order valence-electron chi connectivity index (χ2n) is 4.85. The molecule has 1 N–H and O–H groups in total. The van der Waals surface area contributed by atoms with E-state index in [2.05, 4.69) is 12.2 Å².